The average molecular weight is 228 g/mol. The van der Waals surface area contributed by atoms with Crippen LogP contribution in [-0.2, 0) is 0 Å². The second-order valence-corrected chi connectivity index (χ2v) is 4.25. The van der Waals surface area contributed by atoms with Gasteiger partial charge in [-0.1, -0.05) is 37.9 Å². The summed E-state index contributed by atoms with van der Waals surface area (Å²) in [6.45, 7) is 4.80. The van der Waals surface area contributed by atoms with E-state index in [0.29, 0.717) is 17.5 Å². The number of benzene rings is 1. The molecule has 0 fully saturated rings. The minimum absolute atomic E-state index is 0.0778. The van der Waals surface area contributed by atoms with Gasteiger partial charge in [0.05, 0.1) is 0 Å². The standard InChI is InChI=1S/C12H18ClNO/c1-3-9(2)12(14)8-15-11-6-4-5-10(13)7-11/h4-7,9,12H,3,8,14H2,1-2H3. The summed E-state index contributed by atoms with van der Waals surface area (Å²) in [5.74, 6) is 1.26. The first kappa shape index (κ1) is 12.3. The fourth-order valence-corrected chi connectivity index (χ4v) is 1.40. The van der Waals surface area contributed by atoms with Crippen molar-refractivity contribution in [1.82, 2.24) is 0 Å². The van der Waals surface area contributed by atoms with Crippen molar-refractivity contribution in [2.75, 3.05) is 6.61 Å². The zero-order valence-corrected chi connectivity index (χ0v) is 10.00. The van der Waals surface area contributed by atoms with E-state index in [2.05, 4.69) is 13.8 Å². The number of hydrogen-bond acceptors (Lipinski definition) is 2. The van der Waals surface area contributed by atoms with Crippen molar-refractivity contribution in [3.8, 4) is 5.75 Å². The predicted molar refractivity (Wildman–Crippen MR) is 64.4 cm³/mol. The van der Waals surface area contributed by atoms with Gasteiger partial charge in [-0.3, -0.25) is 0 Å². The number of hydrogen-bond donors (Lipinski definition) is 1. The van der Waals surface area contributed by atoms with Gasteiger partial charge in [-0.05, 0) is 24.1 Å². The summed E-state index contributed by atoms with van der Waals surface area (Å²) in [5.41, 5.74) is 5.96. The molecule has 1 aromatic rings. The van der Waals surface area contributed by atoms with Crippen LogP contribution in [0.5, 0.6) is 5.75 Å². The first-order valence-electron chi connectivity index (χ1n) is 5.27. The average Bonchev–Trinajstić information content (AvgIpc) is 2.25. The third kappa shape index (κ3) is 4.10. The first-order valence-corrected chi connectivity index (χ1v) is 5.65. The summed E-state index contributed by atoms with van der Waals surface area (Å²) in [7, 11) is 0. The summed E-state index contributed by atoms with van der Waals surface area (Å²) in [4.78, 5) is 0. The van der Waals surface area contributed by atoms with E-state index in [1.807, 2.05) is 18.2 Å². The molecule has 0 spiro atoms. The molecule has 0 aliphatic heterocycles. The highest BCUT2D eigenvalue weighted by molar-refractivity contribution is 6.30. The van der Waals surface area contributed by atoms with E-state index in [1.54, 1.807) is 6.07 Å². The van der Waals surface area contributed by atoms with Crippen molar-refractivity contribution in [2.24, 2.45) is 11.7 Å². The summed E-state index contributed by atoms with van der Waals surface area (Å²) >= 11 is 5.84. The molecule has 2 unspecified atom stereocenters. The van der Waals surface area contributed by atoms with Crippen LogP contribution in [0.1, 0.15) is 20.3 Å². The Bertz CT molecular complexity index is 303. The summed E-state index contributed by atoms with van der Waals surface area (Å²) in [6.07, 6.45) is 1.07. The molecule has 1 rings (SSSR count). The minimum atomic E-state index is 0.0778. The van der Waals surface area contributed by atoms with Crippen molar-refractivity contribution in [2.45, 2.75) is 26.3 Å². The quantitative estimate of drug-likeness (QED) is 0.839. The van der Waals surface area contributed by atoms with Gasteiger partial charge in [0.2, 0.25) is 0 Å². The van der Waals surface area contributed by atoms with Crippen molar-refractivity contribution < 1.29 is 4.74 Å². The molecule has 0 radical (unpaired) electrons. The second kappa shape index (κ2) is 5.99. The lowest BCUT2D eigenvalue weighted by Crippen LogP contribution is -2.34. The van der Waals surface area contributed by atoms with Gasteiger partial charge in [0, 0.05) is 11.1 Å². The second-order valence-electron chi connectivity index (χ2n) is 3.82. The fraction of sp³-hybridized carbons (Fsp3) is 0.500. The Labute approximate surface area is 96.4 Å². The SMILES string of the molecule is CCC(C)C(N)COc1cccc(Cl)c1. The molecular weight excluding hydrogens is 210 g/mol. The van der Waals surface area contributed by atoms with Crippen LogP contribution in [-0.4, -0.2) is 12.6 Å². The highest BCUT2D eigenvalue weighted by atomic mass is 35.5. The van der Waals surface area contributed by atoms with Gasteiger partial charge in [-0.25, -0.2) is 0 Å². The monoisotopic (exact) mass is 227 g/mol. The van der Waals surface area contributed by atoms with Crippen molar-refractivity contribution >= 4 is 11.6 Å². The predicted octanol–water partition coefficient (Wildman–Crippen LogP) is 3.09. The third-order valence-corrected chi connectivity index (χ3v) is 2.85. The van der Waals surface area contributed by atoms with Crippen LogP contribution in [0.25, 0.3) is 0 Å². The molecule has 0 amide bonds. The van der Waals surface area contributed by atoms with Gasteiger partial charge in [0.1, 0.15) is 12.4 Å². The van der Waals surface area contributed by atoms with Crippen LogP contribution in [0.4, 0.5) is 0 Å². The first-order chi connectivity index (χ1) is 7.13. The normalized spacial score (nSPS) is 14.7. The van der Waals surface area contributed by atoms with Crippen LogP contribution in [0.15, 0.2) is 24.3 Å². The number of halogens is 1. The molecule has 15 heavy (non-hydrogen) atoms. The number of nitrogens with two attached hydrogens (primary N) is 1. The molecule has 0 aliphatic carbocycles. The maximum Gasteiger partial charge on any atom is 0.120 e. The largest absolute Gasteiger partial charge is 0.492 e. The molecule has 0 bridgehead atoms. The maximum absolute atomic E-state index is 5.96. The van der Waals surface area contributed by atoms with E-state index in [9.17, 15) is 0 Å². The molecule has 2 nitrogen and oxygen atoms in total. The molecule has 0 aliphatic rings. The molecular formula is C12H18ClNO. The Morgan fingerprint density at radius 1 is 1.47 bits per heavy atom. The van der Waals surface area contributed by atoms with Gasteiger partial charge < -0.3 is 10.5 Å². The van der Waals surface area contributed by atoms with Crippen LogP contribution >= 0.6 is 11.6 Å². The van der Waals surface area contributed by atoms with E-state index in [-0.39, 0.29) is 6.04 Å². The van der Waals surface area contributed by atoms with Crippen molar-refractivity contribution in [3.05, 3.63) is 29.3 Å². The Kier molecular flexibility index (Phi) is 4.92. The van der Waals surface area contributed by atoms with Crippen LogP contribution < -0.4 is 10.5 Å². The molecule has 2 N–H and O–H groups in total. The number of ether oxygens (including phenoxy) is 1. The lowest BCUT2D eigenvalue weighted by atomic mass is 10.0. The molecule has 3 heteroatoms. The highest BCUT2D eigenvalue weighted by Crippen LogP contribution is 2.17. The van der Waals surface area contributed by atoms with Crippen LogP contribution in [0, 0.1) is 5.92 Å². The van der Waals surface area contributed by atoms with E-state index >= 15 is 0 Å². The van der Waals surface area contributed by atoms with Gasteiger partial charge in [-0.2, -0.15) is 0 Å². The lowest BCUT2D eigenvalue weighted by molar-refractivity contribution is 0.250. The van der Waals surface area contributed by atoms with Crippen LogP contribution in [0.2, 0.25) is 5.02 Å². The Morgan fingerprint density at radius 3 is 2.80 bits per heavy atom. The molecule has 84 valence electrons. The van der Waals surface area contributed by atoms with Gasteiger partial charge in [0.25, 0.3) is 0 Å². The van der Waals surface area contributed by atoms with Gasteiger partial charge >= 0.3 is 0 Å². The van der Waals surface area contributed by atoms with E-state index in [0.717, 1.165) is 12.2 Å². The van der Waals surface area contributed by atoms with E-state index < -0.39 is 0 Å². The Balaban J connectivity index is 2.43. The molecule has 2 atom stereocenters. The zero-order chi connectivity index (χ0) is 11.3. The maximum atomic E-state index is 5.96. The molecule has 0 aromatic heterocycles. The van der Waals surface area contributed by atoms with Crippen molar-refractivity contribution in [1.29, 1.82) is 0 Å². The zero-order valence-electron chi connectivity index (χ0n) is 9.24. The third-order valence-electron chi connectivity index (χ3n) is 2.61. The smallest absolute Gasteiger partial charge is 0.120 e. The summed E-state index contributed by atoms with van der Waals surface area (Å²) < 4.78 is 5.56. The van der Waals surface area contributed by atoms with Crippen molar-refractivity contribution in [3.63, 3.8) is 0 Å². The summed E-state index contributed by atoms with van der Waals surface area (Å²) in [6, 6.07) is 7.45. The minimum Gasteiger partial charge on any atom is -0.492 e. The fourth-order valence-electron chi connectivity index (χ4n) is 1.22. The molecule has 1 aromatic carbocycles. The molecule has 0 saturated carbocycles. The molecule has 0 saturated heterocycles. The van der Waals surface area contributed by atoms with E-state index in [1.165, 1.54) is 0 Å². The topological polar surface area (TPSA) is 35.2 Å². The van der Waals surface area contributed by atoms with E-state index in [4.69, 9.17) is 22.1 Å². The summed E-state index contributed by atoms with van der Waals surface area (Å²) in [5, 5.41) is 0.685. The highest BCUT2D eigenvalue weighted by Gasteiger charge is 2.11. The van der Waals surface area contributed by atoms with Crippen LogP contribution in [0.3, 0.4) is 0 Å². The van der Waals surface area contributed by atoms with Gasteiger partial charge in [-0.15, -0.1) is 0 Å². The Morgan fingerprint density at radius 2 is 2.20 bits per heavy atom. The lowest BCUT2D eigenvalue weighted by Gasteiger charge is -2.18. The number of rotatable bonds is 5. The Hall–Kier alpha value is -0.730. The van der Waals surface area contributed by atoms with Gasteiger partial charge in [0.15, 0.2) is 0 Å². The molecule has 0 heterocycles.